The van der Waals surface area contributed by atoms with E-state index in [2.05, 4.69) is 10.6 Å². The standard InChI is InChI=1S/C16H17ClN2O3/c1-10-7-12(8-11(2)15(10)17)22-9-18-16(21)19-13-5-3-4-6-14(13)20/h3-8,20H,9H2,1-2H3,(H2,18,19,21). The number of para-hydroxylation sites is 2. The molecular weight excluding hydrogens is 304 g/mol. The van der Waals surface area contributed by atoms with Crippen LogP contribution in [0.4, 0.5) is 10.5 Å². The Balaban J connectivity index is 1.86. The molecule has 6 heteroatoms. The molecule has 0 aliphatic heterocycles. The number of carbonyl (C=O) groups is 1. The van der Waals surface area contributed by atoms with E-state index in [1.54, 1.807) is 30.3 Å². The second kappa shape index (κ2) is 7.04. The molecule has 0 aliphatic rings. The van der Waals surface area contributed by atoms with Crippen LogP contribution in [0.1, 0.15) is 11.1 Å². The number of rotatable bonds is 4. The van der Waals surface area contributed by atoms with E-state index in [-0.39, 0.29) is 12.5 Å². The lowest BCUT2D eigenvalue weighted by molar-refractivity contribution is 0.234. The number of carbonyl (C=O) groups excluding carboxylic acids is 1. The van der Waals surface area contributed by atoms with E-state index in [1.165, 1.54) is 6.07 Å². The Labute approximate surface area is 133 Å². The normalized spacial score (nSPS) is 10.1. The zero-order valence-electron chi connectivity index (χ0n) is 12.3. The minimum atomic E-state index is -0.469. The minimum Gasteiger partial charge on any atom is -0.506 e. The SMILES string of the molecule is Cc1cc(OCNC(=O)Nc2ccccc2O)cc(C)c1Cl. The molecule has 0 fully saturated rings. The number of phenols is 1. The summed E-state index contributed by atoms with van der Waals surface area (Å²) in [4.78, 5) is 11.7. The third kappa shape index (κ3) is 4.05. The van der Waals surface area contributed by atoms with Gasteiger partial charge in [0.05, 0.1) is 5.69 Å². The fraction of sp³-hybridized carbons (Fsp3) is 0.188. The Bertz CT molecular complexity index is 666. The largest absolute Gasteiger partial charge is 0.506 e. The molecule has 2 aromatic rings. The van der Waals surface area contributed by atoms with Crippen LogP contribution < -0.4 is 15.4 Å². The van der Waals surface area contributed by atoms with E-state index in [1.807, 2.05) is 13.8 Å². The number of nitrogens with one attached hydrogen (secondary N) is 2. The second-order valence-corrected chi connectivity index (χ2v) is 5.19. The predicted molar refractivity (Wildman–Crippen MR) is 86.7 cm³/mol. The lowest BCUT2D eigenvalue weighted by atomic mass is 10.1. The van der Waals surface area contributed by atoms with Crippen LogP contribution in [0.2, 0.25) is 5.02 Å². The molecule has 0 radical (unpaired) electrons. The Kier molecular flexibility index (Phi) is 5.12. The molecule has 2 amide bonds. The smallest absolute Gasteiger partial charge is 0.321 e. The van der Waals surface area contributed by atoms with Crippen LogP contribution >= 0.6 is 11.6 Å². The van der Waals surface area contributed by atoms with Crippen molar-refractivity contribution >= 4 is 23.3 Å². The number of halogens is 1. The van der Waals surface area contributed by atoms with Gasteiger partial charge in [-0.05, 0) is 49.2 Å². The summed E-state index contributed by atoms with van der Waals surface area (Å²) in [6.07, 6.45) is 0. The highest BCUT2D eigenvalue weighted by atomic mass is 35.5. The number of phenolic OH excluding ortho intramolecular Hbond substituents is 1. The lowest BCUT2D eigenvalue weighted by Gasteiger charge is -2.12. The molecule has 0 heterocycles. The summed E-state index contributed by atoms with van der Waals surface area (Å²) in [5, 5.41) is 15.3. The Hall–Kier alpha value is -2.40. The highest BCUT2D eigenvalue weighted by Gasteiger charge is 2.06. The van der Waals surface area contributed by atoms with Gasteiger partial charge in [0.2, 0.25) is 0 Å². The van der Waals surface area contributed by atoms with Crippen LogP contribution in [0.5, 0.6) is 11.5 Å². The van der Waals surface area contributed by atoms with E-state index in [4.69, 9.17) is 16.3 Å². The zero-order valence-corrected chi connectivity index (χ0v) is 13.1. The Morgan fingerprint density at radius 1 is 1.23 bits per heavy atom. The van der Waals surface area contributed by atoms with Crippen LogP contribution in [0.15, 0.2) is 36.4 Å². The van der Waals surface area contributed by atoms with Crippen LogP contribution in [-0.4, -0.2) is 17.9 Å². The van der Waals surface area contributed by atoms with Gasteiger partial charge in [0, 0.05) is 5.02 Å². The number of ether oxygens (including phenoxy) is 1. The van der Waals surface area contributed by atoms with Crippen molar-refractivity contribution in [1.82, 2.24) is 5.32 Å². The van der Waals surface area contributed by atoms with Crippen molar-refractivity contribution in [3.05, 3.63) is 52.5 Å². The molecule has 0 atom stereocenters. The zero-order chi connectivity index (χ0) is 16.1. The molecule has 116 valence electrons. The lowest BCUT2D eigenvalue weighted by Crippen LogP contribution is -2.32. The average molecular weight is 321 g/mol. The van der Waals surface area contributed by atoms with Crippen LogP contribution in [0.3, 0.4) is 0 Å². The molecule has 22 heavy (non-hydrogen) atoms. The number of anilines is 1. The van der Waals surface area contributed by atoms with Gasteiger partial charge in [0.15, 0.2) is 6.73 Å². The van der Waals surface area contributed by atoms with Gasteiger partial charge in [-0.1, -0.05) is 23.7 Å². The molecule has 0 unspecified atom stereocenters. The molecule has 0 saturated carbocycles. The quantitative estimate of drug-likeness (QED) is 0.592. The van der Waals surface area contributed by atoms with Crippen molar-refractivity contribution in [2.75, 3.05) is 12.0 Å². The van der Waals surface area contributed by atoms with Crippen molar-refractivity contribution in [2.45, 2.75) is 13.8 Å². The highest BCUT2D eigenvalue weighted by Crippen LogP contribution is 2.25. The maximum absolute atomic E-state index is 11.7. The molecule has 2 rings (SSSR count). The maximum atomic E-state index is 11.7. The van der Waals surface area contributed by atoms with Gasteiger partial charge < -0.3 is 20.5 Å². The van der Waals surface area contributed by atoms with Gasteiger partial charge in [-0.25, -0.2) is 4.79 Å². The number of urea groups is 1. The summed E-state index contributed by atoms with van der Waals surface area (Å²) < 4.78 is 5.47. The van der Waals surface area contributed by atoms with Gasteiger partial charge in [0.25, 0.3) is 0 Å². The number of hydrogen-bond acceptors (Lipinski definition) is 3. The second-order valence-electron chi connectivity index (χ2n) is 4.81. The number of amides is 2. The first-order chi connectivity index (χ1) is 10.5. The van der Waals surface area contributed by atoms with Crippen molar-refractivity contribution in [1.29, 1.82) is 0 Å². The number of hydrogen-bond donors (Lipinski definition) is 3. The summed E-state index contributed by atoms with van der Waals surface area (Å²) in [5.41, 5.74) is 2.16. The number of benzene rings is 2. The van der Waals surface area contributed by atoms with Crippen LogP contribution in [0, 0.1) is 13.8 Å². The first-order valence-electron chi connectivity index (χ1n) is 6.70. The van der Waals surface area contributed by atoms with Crippen LogP contribution in [-0.2, 0) is 0 Å². The van der Waals surface area contributed by atoms with E-state index in [0.29, 0.717) is 16.5 Å². The average Bonchev–Trinajstić information content (AvgIpc) is 2.47. The van der Waals surface area contributed by atoms with Crippen LogP contribution in [0.25, 0.3) is 0 Å². The van der Waals surface area contributed by atoms with Gasteiger partial charge >= 0.3 is 6.03 Å². The molecule has 3 N–H and O–H groups in total. The van der Waals surface area contributed by atoms with Gasteiger partial charge in [-0.2, -0.15) is 0 Å². The van der Waals surface area contributed by atoms with Gasteiger partial charge in [-0.3, -0.25) is 0 Å². The summed E-state index contributed by atoms with van der Waals surface area (Å²) in [6.45, 7) is 3.78. The first-order valence-corrected chi connectivity index (χ1v) is 7.07. The highest BCUT2D eigenvalue weighted by molar-refractivity contribution is 6.32. The maximum Gasteiger partial charge on any atom is 0.321 e. The predicted octanol–water partition coefficient (Wildman–Crippen LogP) is 3.82. The summed E-state index contributed by atoms with van der Waals surface area (Å²) in [5.74, 6) is 0.629. The van der Waals surface area contributed by atoms with E-state index >= 15 is 0 Å². The third-order valence-electron chi connectivity index (χ3n) is 3.03. The summed E-state index contributed by atoms with van der Waals surface area (Å²) in [7, 11) is 0. The third-order valence-corrected chi connectivity index (χ3v) is 3.63. The molecule has 0 saturated heterocycles. The first kappa shape index (κ1) is 16.0. The van der Waals surface area contributed by atoms with E-state index in [9.17, 15) is 9.90 Å². The van der Waals surface area contributed by atoms with Crippen molar-refractivity contribution in [3.63, 3.8) is 0 Å². The molecule has 2 aromatic carbocycles. The molecule has 0 aromatic heterocycles. The molecule has 5 nitrogen and oxygen atoms in total. The number of aromatic hydroxyl groups is 1. The summed E-state index contributed by atoms with van der Waals surface area (Å²) >= 11 is 6.08. The number of aryl methyl sites for hydroxylation is 2. The van der Waals surface area contributed by atoms with E-state index in [0.717, 1.165) is 11.1 Å². The minimum absolute atomic E-state index is 0.0000583. The Morgan fingerprint density at radius 2 is 1.86 bits per heavy atom. The topological polar surface area (TPSA) is 70.6 Å². The molecule has 0 aliphatic carbocycles. The van der Waals surface area contributed by atoms with Crippen molar-refractivity contribution in [3.8, 4) is 11.5 Å². The monoisotopic (exact) mass is 320 g/mol. The fourth-order valence-electron chi connectivity index (χ4n) is 1.92. The summed E-state index contributed by atoms with van der Waals surface area (Å²) in [6, 6.07) is 9.62. The fourth-order valence-corrected chi connectivity index (χ4v) is 2.03. The molecule has 0 spiro atoms. The van der Waals surface area contributed by atoms with Gasteiger partial charge in [-0.15, -0.1) is 0 Å². The van der Waals surface area contributed by atoms with Gasteiger partial charge in [0.1, 0.15) is 11.5 Å². The van der Waals surface area contributed by atoms with Crippen molar-refractivity contribution in [2.24, 2.45) is 0 Å². The molecule has 0 bridgehead atoms. The van der Waals surface area contributed by atoms with E-state index < -0.39 is 6.03 Å². The van der Waals surface area contributed by atoms with Crippen molar-refractivity contribution < 1.29 is 14.6 Å². The Morgan fingerprint density at radius 3 is 2.50 bits per heavy atom. The molecular formula is C16H17ClN2O3.